The molecule has 168 valence electrons. The number of Topliss-reactive ketones (excluding diaryl/α,β-unsaturated/α-hetero) is 1. The molecule has 7 nitrogen and oxygen atoms in total. The number of hydrogen-bond donors (Lipinski definition) is 1. The van der Waals surface area contributed by atoms with E-state index in [0.717, 1.165) is 5.56 Å². The summed E-state index contributed by atoms with van der Waals surface area (Å²) in [5.41, 5.74) is 1.52. The van der Waals surface area contributed by atoms with E-state index in [9.17, 15) is 14.7 Å². The van der Waals surface area contributed by atoms with Crippen LogP contribution in [0.1, 0.15) is 22.7 Å². The van der Waals surface area contributed by atoms with Gasteiger partial charge in [-0.1, -0.05) is 29.8 Å². The van der Waals surface area contributed by atoms with Gasteiger partial charge in [0.2, 0.25) is 0 Å². The van der Waals surface area contributed by atoms with Gasteiger partial charge in [-0.25, -0.2) is 0 Å². The molecule has 1 aromatic heterocycles. The third kappa shape index (κ3) is 4.27. The van der Waals surface area contributed by atoms with Crippen LogP contribution in [-0.4, -0.2) is 40.9 Å². The van der Waals surface area contributed by atoms with Gasteiger partial charge in [-0.05, 0) is 47.5 Å². The van der Waals surface area contributed by atoms with Crippen LogP contribution in [0.25, 0.3) is 5.76 Å². The smallest absolute Gasteiger partial charge is 0.295 e. The first-order valence-corrected chi connectivity index (χ1v) is 10.5. The van der Waals surface area contributed by atoms with Gasteiger partial charge in [0.05, 0.1) is 31.4 Å². The van der Waals surface area contributed by atoms with Crippen molar-refractivity contribution in [1.29, 1.82) is 0 Å². The van der Waals surface area contributed by atoms with Crippen LogP contribution < -0.4 is 9.47 Å². The number of likely N-dealkylation sites (tertiary alicyclic amines) is 1. The van der Waals surface area contributed by atoms with Gasteiger partial charge in [-0.2, -0.15) is 0 Å². The number of hydrogen-bond acceptors (Lipinski definition) is 6. The Bertz CT molecular complexity index is 1240. The fraction of sp³-hybridized carbons (Fsp3) is 0.160. The van der Waals surface area contributed by atoms with E-state index in [1.807, 2.05) is 6.07 Å². The average molecular weight is 465 g/mol. The second-order valence-electron chi connectivity index (χ2n) is 7.41. The van der Waals surface area contributed by atoms with Gasteiger partial charge in [0, 0.05) is 24.0 Å². The number of aliphatic hydroxyl groups is 1. The zero-order valence-corrected chi connectivity index (χ0v) is 18.7. The predicted molar refractivity (Wildman–Crippen MR) is 123 cm³/mol. The van der Waals surface area contributed by atoms with Crippen LogP contribution in [0.4, 0.5) is 0 Å². The van der Waals surface area contributed by atoms with Crippen molar-refractivity contribution < 1.29 is 24.2 Å². The topological polar surface area (TPSA) is 89.0 Å². The third-order valence-corrected chi connectivity index (χ3v) is 5.68. The molecular formula is C25H21ClN2O5. The van der Waals surface area contributed by atoms with Gasteiger partial charge in [-0.3, -0.25) is 14.6 Å². The number of aliphatic hydroxyl groups excluding tert-OH is 1. The summed E-state index contributed by atoms with van der Waals surface area (Å²) in [6.07, 6.45) is 3.25. The average Bonchev–Trinajstić information content (AvgIpc) is 3.09. The molecule has 2 heterocycles. The zero-order valence-electron chi connectivity index (χ0n) is 18.0. The van der Waals surface area contributed by atoms with Crippen molar-refractivity contribution in [1.82, 2.24) is 9.88 Å². The number of carbonyl (C=O) groups excluding carboxylic acids is 2. The Balaban J connectivity index is 1.92. The van der Waals surface area contributed by atoms with Gasteiger partial charge >= 0.3 is 0 Å². The van der Waals surface area contributed by atoms with Crippen molar-refractivity contribution in [3.8, 4) is 11.5 Å². The highest BCUT2D eigenvalue weighted by molar-refractivity contribution is 6.46. The Hall–Kier alpha value is -3.84. The molecule has 3 aromatic rings. The van der Waals surface area contributed by atoms with Crippen molar-refractivity contribution in [2.24, 2.45) is 0 Å². The zero-order chi connectivity index (χ0) is 23.5. The molecule has 1 saturated heterocycles. The van der Waals surface area contributed by atoms with E-state index in [0.29, 0.717) is 22.1 Å². The first-order chi connectivity index (χ1) is 15.9. The van der Waals surface area contributed by atoms with Crippen molar-refractivity contribution in [2.45, 2.75) is 12.6 Å². The summed E-state index contributed by atoms with van der Waals surface area (Å²) >= 11 is 6.14. The number of rotatable bonds is 6. The summed E-state index contributed by atoms with van der Waals surface area (Å²) in [6, 6.07) is 14.4. The predicted octanol–water partition coefficient (Wildman–Crippen LogP) is 4.37. The molecule has 1 fully saturated rings. The summed E-state index contributed by atoms with van der Waals surface area (Å²) in [4.78, 5) is 31.9. The Morgan fingerprint density at radius 1 is 1.09 bits per heavy atom. The van der Waals surface area contributed by atoms with E-state index >= 15 is 0 Å². The second-order valence-corrected chi connectivity index (χ2v) is 7.85. The molecule has 8 heteroatoms. The second kappa shape index (κ2) is 9.34. The van der Waals surface area contributed by atoms with E-state index in [1.54, 1.807) is 54.9 Å². The molecule has 4 rings (SSSR count). The Morgan fingerprint density at radius 2 is 1.91 bits per heavy atom. The van der Waals surface area contributed by atoms with Crippen LogP contribution in [0.2, 0.25) is 5.02 Å². The van der Waals surface area contributed by atoms with Gasteiger partial charge in [0.25, 0.3) is 11.7 Å². The molecule has 0 spiro atoms. The lowest BCUT2D eigenvalue weighted by Gasteiger charge is -2.25. The number of ketones is 1. The van der Waals surface area contributed by atoms with Crippen LogP contribution in [0.3, 0.4) is 0 Å². The third-order valence-electron chi connectivity index (χ3n) is 5.44. The summed E-state index contributed by atoms with van der Waals surface area (Å²) in [5, 5.41) is 11.6. The van der Waals surface area contributed by atoms with E-state index < -0.39 is 17.7 Å². The number of pyridine rings is 1. The standard InChI is InChI=1S/C25H21ClN2O5/c1-32-18-7-3-6-16(11-18)22-21(23(29)19-12-17(26)8-9-20(19)33-2)24(30)25(31)28(22)14-15-5-4-10-27-13-15/h3-13,22,29H,14H2,1-2H3/b23-21+. The Morgan fingerprint density at radius 3 is 2.61 bits per heavy atom. The van der Waals surface area contributed by atoms with Crippen LogP contribution in [-0.2, 0) is 16.1 Å². The molecule has 1 atom stereocenters. The Labute approximate surface area is 195 Å². The number of halogens is 1. The van der Waals surface area contributed by atoms with Crippen molar-refractivity contribution in [3.05, 3.63) is 94.3 Å². The molecule has 1 unspecified atom stereocenters. The SMILES string of the molecule is COc1cccc(C2/C(=C(\O)c3cc(Cl)ccc3OC)C(=O)C(=O)N2Cc2cccnc2)c1. The number of benzene rings is 2. The van der Waals surface area contributed by atoms with Crippen molar-refractivity contribution >= 4 is 29.1 Å². The summed E-state index contributed by atoms with van der Waals surface area (Å²) in [7, 11) is 2.98. The number of carbonyl (C=O) groups is 2. The van der Waals surface area contributed by atoms with Crippen LogP contribution in [0.15, 0.2) is 72.6 Å². The quantitative estimate of drug-likeness (QED) is 0.331. The number of aromatic nitrogens is 1. The molecule has 1 aliphatic rings. The van der Waals surface area contributed by atoms with E-state index in [2.05, 4.69) is 4.98 Å². The lowest BCUT2D eigenvalue weighted by atomic mass is 9.94. The molecule has 1 N–H and O–H groups in total. The maximum Gasteiger partial charge on any atom is 0.295 e. The minimum absolute atomic E-state index is 0.0577. The highest BCUT2D eigenvalue weighted by Crippen LogP contribution is 2.42. The monoisotopic (exact) mass is 464 g/mol. The van der Waals surface area contributed by atoms with Crippen molar-refractivity contribution in [2.75, 3.05) is 14.2 Å². The molecule has 1 aliphatic heterocycles. The summed E-state index contributed by atoms with van der Waals surface area (Å²) < 4.78 is 10.7. The van der Waals surface area contributed by atoms with Gasteiger partial charge in [-0.15, -0.1) is 0 Å². The highest BCUT2D eigenvalue weighted by atomic mass is 35.5. The lowest BCUT2D eigenvalue weighted by Crippen LogP contribution is -2.29. The molecule has 33 heavy (non-hydrogen) atoms. The number of methoxy groups -OCH3 is 2. The number of ether oxygens (including phenoxy) is 2. The lowest BCUT2D eigenvalue weighted by molar-refractivity contribution is -0.140. The van der Waals surface area contributed by atoms with Crippen molar-refractivity contribution in [3.63, 3.8) is 0 Å². The molecule has 1 amide bonds. The summed E-state index contributed by atoms with van der Waals surface area (Å²) in [6.45, 7) is 0.129. The molecular weight excluding hydrogens is 444 g/mol. The van der Waals surface area contributed by atoms with Crippen LogP contribution >= 0.6 is 11.6 Å². The first-order valence-electron chi connectivity index (χ1n) is 10.1. The highest BCUT2D eigenvalue weighted by Gasteiger charge is 2.46. The maximum atomic E-state index is 13.2. The van der Waals surface area contributed by atoms with E-state index in [4.69, 9.17) is 21.1 Å². The van der Waals surface area contributed by atoms with Gasteiger partial charge in [0.1, 0.15) is 17.3 Å². The number of nitrogens with zero attached hydrogens (tertiary/aromatic N) is 2. The molecule has 0 aliphatic carbocycles. The largest absolute Gasteiger partial charge is 0.507 e. The van der Waals surface area contributed by atoms with Gasteiger partial charge < -0.3 is 19.5 Å². The van der Waals surface area contributed by atoms with Crippen LogP contribution in [0.5, 0.6) is 11.5 Å². The van der Waals surface area contributed by atoms with E-state index in [1.165, 1.54) is 25.2 Å². The van der Waals surface area contributed by atoms with Gasteiger partial charge in [0.15, 0.2) is 0 Å². The fourth-order valence-corrected chi connectivity index (χ4v) is 4.07. The first kappa shape index (κ1) is 22.4. The molecule has 0 saturated carbocycles. The maximum absolute atomic E-state index is 13.2. The summed E-state index contributed by atoms with van der Waals surface area (Å²) in [5.74, 6) is -1.02. The molecule has 2 aromatic carbocycles. The van der Waals surface area contributed by atoms with E-state index in [-0.39, 0.29) is 23.4 Å². The molecule has 0 radical (unpaired) electrons. The number of amides is 1. The Kier molecular flexibility index (Phi) is 6.33. The molecule has 0 bridgehead atoms. The fourth-order valence-electron chi connectivity index (χ4n) is 3.90. The minimum atomic E-state index is -0.857. The minimum Gasteiger partial charge on any atom is -0.507 e. The normalized spacial score (nSPS) is 17.3. The van der Waals surface area contributed by atoms with Crippen LogP contribution in [0, 0.1) is 0 Å².